The van der Waals surface area contributed by atoms with Crippen LogP contribution >= 0.6 is 0 Å². The zero-order valence-corrected chi connectivity index (χ0v) is 11.2. The Morgan fingerprint density at radius 3 is 3.06 bits per heavy atom. The lowest BCUT2D eigenvalue weighted by atomic mass is 10.0. The van der Waals surface area contributed by atoms with E-state index in [4.69, 9.17) is 5.73 Å². The summed E-state index contributed by atoms with van der Waals surface area (Å²) in [7, 11) is 2.18. The third-order valence-electron chi connectivity index (χ3n) is 4.22. The van der Waals surface area contributed by atoms with E-state index in [0.717, 1.165) is 19.6 Å². The van der Waals surface area contributed by atoms with Crippen LogP contribution in [0, 0.1) is 0 Å². The summed E-state index contributed by atoms with van der Waals surface area (Å²) in [5.41, 5.74) is 10.4. The molecular weight excluding hydrogens is 222 g/mol. The van der Waals surface area contributed by atoms with Crippen LogP contribution in [0.15, 0.2) is 18.2 Å². The zero-order valence-electron chi connectivity index (χ0n) is 11.2. The van der Waals surface area contributed by atoms with Gasteiger partial charge in [-0.2, -0.15) is 0 Å². The molecule has 1 aromatic rings. The second-order valence-electron chi connectivity index (χ2n) is 5.77. The summed E-state index contributed by atoms with van der Waals surface area (Å²) in [5, 5.41) is 0. The van der Waals surface area contributed by atoms with Crippen molar-refractivity contribution < 1.29 is 0 Å². The van der Waals surface area contributed by atoms with Crippen molar-refractivity contribution in [1.82, 2.24) is 4.90 Å². The quantitative estimate of drug-likeness (QED) is 0.859. The minimum absolute atomic E-state index is 0.374. The van der Waals surface area contributed by atoms with Crippen LogP contribution in [0.2, 0.25) is 0 Å². The van der Waals surface area contributed by atoms with Gasteiger partial charge in [0, 0.05) is 38.4 Å². The van der Waals surface area contributed by atoms with Gasteiger partial charge in [-0.1, -0.05) is 12.1 Å². The maximum atomic E-state index is 6.04. The van der Waals surface area contributed by atoms with Crippen LogP contribution in [-0.2, 0) is 13.0 Å². The number of likely N-dealkylation sites (N-methyl/N-ethyl adjacent to an activating group) is 1. The van der Waals surface area contributed by atoms with Crippen molar-refractivity contribution in [2.24, 2.45) is 5.73 Å². The highest BCUT2D eigenvalue weighted by molar-refractivity contribution is 5.58. The first-order valence-corrected chi connectivity index (χ1v) is 7.03. The molecule has 3 nitrogen and oxygen atoms in total. The van der Waals surface area contributed by atoms with E-state index in [9.17, 15) is 0 Å². The molecule has 1 atom stereocenters. The first-order valence-electron chi connectivity index (χ1n) is 7.03. The molecule has 1 saturated heterocycles. The lowest BCUT2D eigenvalue weighted by Crippen LogP contribution is -2.42. The largest absolute Gasteiger partial charge is 0.374 e. The van der Waals surface area contributed by atoms with Gasteiger partial charge in [-0.05, 0) is 43.0 Å². The molecule has 2 aliphatic rings. The molecule has 18 heavy (non-hydrogen) atoms. The second kappa shape index (κ2) is 4.90. The van der Waals surface area contributed by atoms with E-state index in [-0.39, 0.29) is 0 Å². The van der Waals surface area contributed by atoms with Crippen LogP contribution in [0.4, 0.5) is 5.69 Å². The number of fused-ring (bicyclic) bond motifs is 1. The van der Waals surface area contributed by atoms with Gasteiger partial charge in [-0.25, -0.2) is 0 Å². The van der Waals surface area contributed by atoms with Crippen molar-refractivity contribution >= 4 is 5.69 Å². The maximum Gasteiger partial charge on any atom is 0.0397 e. The van der Waals surface area contributed by atoms with E-state index >= 15 is 0 Å². The predicted octanol–water partition coefficient (Wildman–Crippen LogP) is 1.60. The molecule has 0 spiro atoms. The summed E-state index contributed by atoms with van der Waals surface area (Å²) in [4.78, 5) is 4.84. The van der Waals surface area contributed by atoms with Crippen LogP contribution < -0.4 is 10.6 Å². The molecule has 2 aliphatic heterocycles. The van der Waals surface area contributed by atoms with Crippen LogP contribution in [-0.4, -0.2) is 37.6 Å². The predicted molar refractivity (Wildman–Crippen MR) is 75.9 cm³/mol. The molecule has 3 rings (SSSR count). The molecule has 1 aromatic carbocycles. The fourth-order valence-electron chi connectivity index (χ4n) is 3.21. The molecular formula is C15H23N3. The lowest BCUT2D eigenvalue weighted by molar-refractivity contribution is 0.201. The van der Waals surface area contributed by atoms with Gasteiger partial charge in [-0.3, -0.25) is 4.90 Å². The van der Waals surface area contributed by atoms with Crippen LogP contribution in [0.25, 0.3) is 0 Å². The molecule has 0 aromatic heterocycles. The molecule has 0 amide bonds. The van der Waals surface area contributed by atoms with Crippen molar-refractivity contribution in [3.63, 3.8) is 0 Å². The number of nitrogens with two attached hydrogens (primary N) is 1. The van der Waals surface area contributed by atoms with Gasteiger partial charge in [0.1, 0.15) is 0 Å². The van der Waals surface area contributed by atoms with Gasteiger partial charge in [0.15, 0.2) is 0 Å². The fraction of sp³-hybridized carbons (Fsp3) is 0.600. The first kappa shape index (κ1) is 12.0. The third kappa shape index (κ3) is 2.38. The number of hydrogen-bond donors (Lipinski definition) is 1. The Bertz CT molecular complexity index is 430. The average Bonchev–Trinajstić information content (AvgIpc) is 2.71. The summed E-state index contributed by atoms with van der Waals surface area (Å²) in [6, 6.07) is 7.32. The lowest BCUT2D eigenvalue weighted by Gasteiger charge is -2.30. The van der Waals surface area contributed by atoms with Crippen LogP contribution in [0.3, 0.4) is 0 Å². The standard InChI is InChI=1S/C15H23N3/c1-17-8-6-13-9-12(4-5-15(13)17)10-18-7-2-3-14(16)11-18/h4-5,9,14H,2-3,6-8,10-11,16H2,1H3. The molecule has 0 aliphatic carbocycles. The number of rotatable bonds is 2. The molecule has 3 heteroatoms. The Morgan fingerprint density at radius 1 is 1.33 bits per heavy atom. The van der Waals surface area contributed by atoms with Crippen molar-refractivity contribution in [2.45, 2.75) is 31.8 Å². The number of nitrogens with zero attached hydrogens (tertiary/aromatic N) is 2. The van der Waals surface area contributed by atoms with Crippen LogP contribution in [0.5, 0.6) is 0 Å². The number of anilines is 1. The Morgan fingerprint density at radius 2 is 2.22 bits per heavy atom. The fourth-order valence-corrected chi connectivity index (χ4v) is 3.21. The van der Waals surface area contributed by atoms with Crippen molar-refractivity contribution in [3.05, 3.63) is 29.3 Å². The molecule has 2 heterocycles. The van der Waals surface area contributed by atoms with E-state index in [1.807, 2.05) is 0 Å². The summed E-state index contributed by atoms with van der Waals surface area (Å²) >= 11 is 0. The van der Waals surface area contributed by atoms with Crippen LogP contribution in [0.1, 0.15) is 24.0 Å². The topological polar surface area (TPSA) is 32.5 Å². The van der Waals surface area contributed by atoms with E-state index in [0.29, 0.717) is 6.04 Å². The summed E-state index contributed by atoms with van der Waals surface area (Å²) < 4.78 is 0. The Balaban J connectivity index is 1.70. The number of hydrogen-bond acceptors (Lipinski definition) is 3. The van der Waals surface area contributed by atoms with Crippen molar-refractivity contribution in [3.8, 4) is 0 Å². The maximum absolute atomic E-state index is 6.04. The minimum atomic E-state index is 0.374. The Hall–Kier alpha value is -1.06. The highest BCUT2D eigenvalue weighted by Crippen LogP contribution is 2.28. The first-order chi connectivity index (χ1) is 8.72. The molecule has 1 unspecified atom stereocenters. The number of likely N-dealkylation sites (tertiary alicyclic amines) is 1. The molecule has 0 radical (unpaired) electrons. The molecule has 2 N–H and O–H groups in total. The Labute approximate surface area is 110 Å². The van der Waals surface area contributed by atoms with E-state index in [2.05, 4.69) is 35.0 Å². The van der Waals surface area contributed by atoms with E-state index < -0.39 is 0 Å². The van der Waals surface area contributed by atoms with Crippen molar-refractivity contribution in [1.29, 1.82) is 0 Å². The zero-order chi connectivity index (χ0) is 12.5. The van der Waals surface area contributed by atoms with Gasteiger partial charge < -0.3 is 10.6 Å². The van der Waals surface area contributed by atoms with Gasteiger partial charge >= 0.3 is 0 Å². The number of piperidine rings is 1. The van der Waals surface area contributed by atoms with Gasteiger partial charge in [0.25, 0.3) is 0 Å². The minimum Gasteiger partial charge on any atom is -0.374 e. The summed E-state index contributed by atoms with van der Waals surface area (Å²) in [6.45, 7) is 4.47. The van der Waals surface area contributed by atoms with E-state index in [1.54, 1.807) is 0 Å². The third-order valence-corrected chi connectivity index (χ3v) is 4.22. The van der Waals surface area contributed by atoms with Gasteiger partial charge in [0.2, 0.25) is 0 Å². The second-order valence-corrected chi connectivity index (χ2v) is 5.77. The average molecular weight is 245 g/mol. The van der Waals surface area contributed by atoms with Gasteiger partial charge in [0.05, 0.1) is 0 Å². The normalized spacial score (nSPS) is 24.3. The van der Waals surface area contributed by atoms with E-state index in [1.165, 1.54) is 42.6 Å². The molecule has 0 bridgehead atoms. The number of benzene rings is 1. The molecule has 98 valence electrons. The molecule has 1 fully saturated rings. The SMILES string of the molecule is CN1CCc2cc(CN3CCCC(N)C3)ccc21. The van der Waals surface area contributed by atoms with Gasteiger partial charge in [-0.15, -0.1) is 0 Å². The smallest absolute Gasteiger partial charge is 0.0397 e. The summed E-state index contributed by atoms with van der Waals surface area (Å²) in [6.07, 6.45) is 3.62. The monoisotopic (exact) mass is 245 g/mol. The van der Waals surface area contributed by atoms with Crippen molar-refractivity contribution in [2.75, 3.05) is 31.6 Å². The highest BCUT2D eigenvalue weighted by Gasteiger charge is 2.19. The Kier molecular flexibility index (Phi) is 3.27. The summed E-state index contributed by atoms with van der Waals surface area (Å²) in [5.74, 6) is 0. The highest BCUT2D eigenvalue weighted by atomic mass is 15.1. The molecule has 0 saturated carbocycles.